The molecule has 1 fully saturated rings. The molecule has 9 heteroatoms. The zero-order valence-electron chi connectivity index (χ0n) is 18.0. The van der Waals surface area contributed by atoms with E-state index in [1.807, 2.05) is 24.3 Å². The Balaban J connectivity index is 1.33. The van der Waals surface area contributed by atoms with Gasteiger partial charge in [0.1, 0.15) is 5.82 Å². The topological polar surface area (TPSA) is 132 Å². The van der Waals surface area contributed by atoms with Crippen LogP contribution in [0.1, 0.15) is 26.3 Å². The fourth-order valence-electron chi connectivity index (χ4n) is 3.87. The minimum atomic E-state index is -1.12. The molecule has 0 radical (unpaired) electrons. The second-order valence-electron chi connectivity index (χ2n) is 7.95. The highest BCUT2D eigenvalue weighted by Crippen LogP contribution is 2.20. The van der Waals surface area contributed by atoms with Crippen LogP contribution in [0.15, 0.2) is 54.7 Å². The van der Waals surface area contributed by atoms with Gasteiger partial charge in [0, 0.05) is 62.0 Å². The molecule has 2 aromatic carbocycles. The lowest BCUT2D eigenvalue weighted by Gasteiger charge is -2.34. The number of nitrogen functional groups attached to an aromatic ring is 1. The molecule has 33 heavy (non-hydrogen) atoms. The Morgan fingerprint density at radius 2 is 1.67 bits per heavy atom. The molecule has 0 unspecified atom stereocenters. The molecule has 0 spiro atoms. The van der Waals surface area contributed by atoms with Gasteiger partial charge in [-0.1, -0.05) is 12.1 Å². The van der Waals surface area contributed by atoms with Crippen LogP contribution in [0.5, 0.6) is 0 Å². The number of rotatable bonds is 6. The van der Waals surface area contributed by atoms with Gasteiger partial charge in [-0.05, 0) is 47.3 Å². The third kappa shape index (κ3) is 5.27. The zero-order chi connectivity index (χ0) is 23.4. The lowest BCUT2D eigenvalue weighted by atomic mass is 10.1. The fraction of sp³-hybridized carbons (Fsp3) is 0.250. The summed E-state index contributed by atoms with van der Waals surface area (Å²) in [7, 11) is 0. The van der Waals surface area contributed by atoms with Gasteiger partial charge in [-0.3, -0.25) is 14.5 Å². The van der Waals surface area contributed by atoms with Crippen molar-refractivity contribution in [2.24, 2.45) is 0 Å². The molecule has 0 saturated carbocycles. The van der Waals surface area contributed by atoms with Crippen molar-refractivity contribution in [3.8, 4) is 0 Å². The molecular formula is C24H24N5O4-. The Bertz CT molecular complexity index is 1190. The number of carboxylic acids is 1. The van der Waals surface area contributed by atoms with E-state index in [0.717, 1.165) is 16.3 Å². The van der Waals surface area contributed by atoms with Crippen molar-refractivity contribution < 1.29 is 19.5 Å². The summed E-state index contributed by atoms with van der Waals surface area (Å²) in [5, 5.41) is 15.4. The molecule has 2 amide bonds. The Kier molecular flexibility index (Phi) is 6.50. The summed E-state index contributed by atoms with van der Waals surface area (Å²) in [6.45, 7) is 2.06. The van der Waals surface area contributed by atoms with Gasteiger partial charge in [-0.25, -0.2) is 4.98 Å². The van der Waals surface area contributed by atoms with Gasteiger partial charge in [-0.2, -0.15) is 0 Å². The number of aromatic nitrogens is 1. The van der Waals surface area contributed by atoms with Gasteiger partial charge < -0.3 is 25.9 Å². The average Bonchev–Trinajstić information content (AvgIpc) is 2.83. The van der Waals surface area contributed by atoms with Crippen molar-refractivity contribution in [1.82, 2.24) is 20.1 Å². The average molecular weight is 446 g/mol. The molecule has 2 heterocycles. The van der Waals surface area contributed by atoms with Gasteiger partial charge in [0.2, 0.25) is 0 Å². The summed E-state index contributed by atoms with van der Waals surface area (Å²) in [5.74, 6) is -1.06. The standard InChI is InChI=1S/C24H25N5O4/c25-22-20-13-16(1-2-17(20)7-8-26-22)14-27-23(32)18-3-5-19(6-4-18)24(33)29-11-9-28(10-12-29)15-21(30)31/h1-8,13H,9-12,14-15H2,(H2,25,26)(H,27,32)(H,30,31)/p-1. The number of carbonyl (C=O) groups is 3. The summed E-state index contributed by atoms with van der Waals surface area (Å²) >= 11 is 0. The predicted octanol–water partition coefficient (Wildman–Crippen LogP) is 0.255. The van der Waals surface area contributed by atoms with Crippen molar-refractivity contribution in [1.29, 1.82) is 0 Å². The largest absolute Gasteiger partial charge is 0.549 e. The van der Waals surface area contributed by atoms with Gasteiger partial charge in [0.15, 0.2) is 0 Å². The van der Waals surface area contributed by atoms with E-state index < -0.39 is 5.97 Å². The first-order valence-electron chi connectivity index (χ1n) is 10.6. The Hall–Kier alpha value is -3.98. The Morgan fingerprint density at radius 1 is 0.970 bits per heavy atom. The van der Waals surface area contributed by atoms with E-state index in [-0.39, 0.29) is 18.4 Å². The minimum absolute atomic E-state index is 0.130. The molecule has 3 N–H and O–H groups in total. The van der Waals surface area contributed by atoms with Crippen molar-refractivity contribution in [2.75, 3.05) is 38.5 Å². The number of aliphatic carboxylic acids is 1. The molecule has 4 rings (SSSR count). The van der Waals surface area contributed by atoms with E-state index in [9.17, 15) is 19.5 Å². The molecule has 0 aliphatic carbocycles. The van der Waals surface area contributed by atoms with Crippen LogP contribution < -0.4 is 16.2 Å². The highest BCUT2D eigenvalue weighted by molar-refractivity contribution is 5.98. The molecule has 3 aromatic rings. The predicted molar refractivity (Wildman–Crippen MR) is 121 cm³/mol. The molecule has 0 bridgehead atoms. The zero-order valence-corrected chi connectivity index (χ0v) is 18.0. The first kappa shape index (κ1) is 22.2. The molecule has 9 nitrogen and oxygen atoms in total. The van der Waals surface area contributed by atoms with Crippen LogP contribution in [0, 0.1) is 0 Å². The fourth-order valence-corrected chi connectivity index (χ4v) is 3.87. The number of piperazine rings is 1. The van der Waals surface area contributed by atoms with Crippen LogP contribution >= 0.6 is 0 Å². The number of nitrogens with two attached hydrogens (primary N) is 1. The summed E-state index contributed by atoms with van der Waals surface area (Å²) in [6, 6.07) is 14.2. The molecule has 1 aliphatic heterocycles. The maximum Gasteiger partial charge on any atom is 0.253 e. The van der Waals surface area contributed by atoms with Crippen LogP contribution in [0.3, 0.4) is 0 Å². The van der Waals surface area contributed by atoms with Crippen molar-refractivity contribution in [3.63, 3.8) is 0 Å². The molecule has 170 valence electrons. The highest BCUT2D eigenvalue weighted by atomic mass is 16.4. The number of carbonyl (C=O) groups excluding carboxylic acids is 3. The summed E-state index contributed by atoms with van der Waals surface area (Å²) in [4.78, 5) is 43.5. The van der Waals surface area contributed by atoms with Crippen LogP contribution in [0.25, 0.3) is 10.8 Å². The first-order valence-corrected chi connectivity index (χ1v) is 10.6. The van der Waals surface area contributed by atoms with Crippen LogP contribution in [-0.2, 0) is 11.3 Å². The van der Waals surface area contributed by atoms with Crippen molar-refractivity contribution in [2.45, 2.75) is 6.54 Å². The summed E-state index contributed by atoms with van der Waals surface area (Å²) in [6.07, 6.45) is 1.66. The third-order valence-corrected chi connectivity index (χ3v) is 5.72. The number of hydrogen-bond acceptors (Lipinski definition) is 7. The number of hydrogen-bond donors (Lipinski definition) is 2. The van der Waals surface area contributed by atoms with Crippen LogP contribution in [-0.4, -0.2) is 65.3 Å². The summed E-state index contributed by atoms with van der Waals surface area (Å²) in [5.41, 5.74) is 7.77. The molecule has 1 aromatic heterocycles. The number of nitrogens with one attached hydrogen (secondary N) is 1. The van der Waals surface area contributed by atoms with Gasteiger partial charge >= 0.3 is 0 Å². The molecule has 0 atom stereocenters. The maximum absolute atomic E-state index is 12.7. The van der Waals surface area contributed by atoms with Gasteiger partial charge in [-0.15, -0.1) is 0 Å². The first-order chi connectivity index (χ1) is 15.9. The van der Waals surface area contributed by atoms with Crippen molar-refractivity contribution >= 4 is 34.4 Å². The third-order valence-electron chi connectivity index (χ3n) is 5.72. The van der Waals surface area contributed by atoms with Crippen molar-refractivity contribution in [3.05, 3.63) is 71.4 Å². The SMILES string of the molecule is Nc1nccc2ccc(CNC(=O)c3ccc(C(=O)N4CCN(CC(=O)[O-])CC4)cc3)cc12. The number of fused-ring (bicyclic) bond motifs is 1. The molecule has 1 aliphatic rings. The van der Waals surface area contributed by atoms with Crippen LogP contribution in [0.2, 0.25) is 0 Å². The number of anilines is 1. The van der Waals surface area contributed by atoms with Gasteiger partial charge in [0.05, 0.1) is 5.97 Å². The normalized spacial score (nSPS) is 14.2. The van der Waals surface area contributed by atoms with E-state index in [1.165, 1.54) is 0 Å². The number of pyridine rings is 1. The smallest absolute Gasteiger partial charge is 0.253 e. The minimum Gasteiger partial charge on any atom is -0.549 e. The second kappa shape index (κ2) is 9.66. The Morgan fingerprint density at radius 3 is 2.36 bits per heavy atom. The number of carboxylic acid groups (broad SMARTS) is 1. The van der Waals surface area contributed by atoms with Gasteiger partial charge in [0.25, 0.3) is 11.8 Å². The number of amides is 2. The number of nitrogens with zero attached hydrogens (tertiary/aromatic N) is 3. The lowest BCUT2D eigenvalue weighted by Crippen LogP contribution is -2.51. The lowest BCUT2D eigenvalue weighted by molar-refractivity contribution is -0.306. The second-order valence-corrected chi connectivity index (χ2v) is 7.95. The molecule has 1 saturated heterocycles. The highest BCUT2D eigenvalue weighted by Gasteiger charge is 2.22. The quantitative estimate of drug-likeness (QED) is 0.555. The Labute approximate surface area is 190 Å². The van der Waals surface area contributed by atoms with E-state index in [2.05, 4.69) is 10.3 Å². The maximum atomic E-state index is 12.7. The van der Waals surface area contributed by atoms with E-state index in [0.29, 0.717) is 49.7 Å². The monoisotopic (exact) mass is 446 g/mol. The van der Waals surface area contributed by atoms with E-state index >= 15 is 0 Å². The summed E-state index contributed by atoms with van der Waals surface area (Å²) < 4.78 is 0. The van der Waals surface area contributed by atoms with E-state index in [4.69, 9.17) is 5.73 Å². The molecular weight excluding hydrogens is 422 g/mol. The van der Waals surface area contributed by atoms with E-state index in [1.54, 1.807) is 40.3 Å². The number of benzene rings is 2. The van der Waals surface area contributed by atoms with Crippen LogP contribution in [0.4, 0.5) is 5.82 Å².